The molecule has 6 nitrogen and oxygen atoms in total. The number of hydrogen-bond acceptors (Lipinski definition) is 6. The molecule has 0 spiro atoms. The van der Waals surface area contributed by atoms with Crippen molar-refractivity contribution in [1.82, 2.24) is 14.8 Å². The third kappa shape index (κ3) is 3.50. The van der Waals surface area contributed by atoms with Gasteiger partial charge in [-0.25, -0.2) is 4.68 Å². The van der Waals surface area contributed by atoms with Crippen LogP contribution >= 0.6 is 11.8 Å². The third-order valence-electron chi connectivity index (χ3n) is 5.48. The van der Waals surface area contributed by atoms with Crippen LogP contribution in [0.1, 0.15) is 36.4 Å². The molecule has 0 saturated carbocycles. The van der Waals surface area contributed by atoms with E-state index in [0.29, 0.717) is 24.1 Å². The SMILES string of the molecule is CSc1nc2n(n1)C(c1ccc(OCc3ccccc3)cc1)C1=C(CCCC1=O)N2. The number of thioether (sulfide) groups is 1. The normalized spacial score (nSPS) is 17.9. The average Bonchev–Trinajstić information content (AvgIpc) is 3.20. The summed E-state index contributed by atoms with van der Waals surface area (Å²) in [7, 11) is 0. The number of nitrogens with zero attached hydrogens (tertiary/aromatic N) is 3. The maximum atomic E-state index is 12.8. The van der Waals surface area contributed by atoms with Crippen molar-refractivity contribution in [2.75, 3.05) is 11.6 Å². The first-order valence-corrected chi connectivity index (χ1v) is 11.3. The van der Waals surface area contributed by atoms with E-state index in [1.165, 1.54) is 11.8 Å². The lowest BCUT2D eigenvalue weighted by Gasteiger charge is -2.32. The third-order valence-corrected chi connectivity index (χ3v) is 6.01. The van der Waals surface area contributed by atoms with Gasteiger partial charge in [0.25, 0.3) is 0 Å². The number of nitrogens with one attached hydrogen (secondary N) is 1. The van der Waals surface area contributed by atoms with Gasteiger partial charge in [-0.1, -0.05) is 54.2 Å². The van der Waals surface area contributed by atoms with Crippen LogP contribution in [0.2, 0.25) is 0 Å². The summed E-state index contributed by atoms with van der Waals surface area (Å²) in [4.78, 5) is 17.4. The van der Waals surface area contributed by atoms with Crippen LogP contribution in [0.3, 0.4) is 0 Å². The molecule has 152 valence electrons. The Morgan fingerprint density at radius 1 is 1.13 bits per heavy atom. The summed E-state index contributed by atoms with van der Waals surface area (Å²) in [5, 5.41) is 8.68. The standard InChI is InChI=1S/C23H22N4O2S/c1-30-23-25-22-24-18-8-5-9-19(28)20(18)21(27(22)26-23)16-10-12-17(13-11-16)29-14-15-6-3-2-4-7-15/h2-4,6-7,10-13,21H,5,8-9,14H2,1H3,(H,24,25,26). The van der Waals surface area contributed by atoms with Crippen molar-refractivity contribution < 1.29 is 9.53 Å². The molecule has 0 amide bonds. The number of fused-ring (bicyclic) bond motifs is 1. The lowest BCUT2D eigenvalue weighted by atomic mass is 9.85. The molecule has 1 aliphatic heterocycles. The van der Waals surface area contributed by atoms with E-state index in [4.69, 9.17) is 4.74 Å². The van der Waals surface area contributed by atoms with Gasteiger partial charge < -0.3 is 10.1 Å². The van der Waals surface area contributed by atoms with Crippen LogP contribution in [0.4, 0.5) is 5.95 Å². The number of ether oxygens (including phenoxy) is 1. The van der Waals surface area contributed by atoms with E-state index in [1.807, 2.05) is 65.5 Å². The minimum Gasteiger partial charge on any atom is -0.489 e. The molecule has 2 heterocycles. The number of aromatic nitrogens is 3. The van der Waals surface area contributed by atoms with E-state index in [9.17, 15) is 4.79 Å². The van der Waals surface area contributed by atoms with Gasteiger partial charge >= 0.3 is 0 Å². The number of carbonyl (C=O) groups is 1. The van der Waals surface area contributed by atoms with E-state index >= 15 is 0 Å². The fourth-order valence-electron chi connectivity index (χ4n) is 4.02. The Kier molecular flexibility index (Phi) is 5.04. The first-order valence-electron chi connectivity index (χ1n) is 10.0. The number of ketones is 1. The first-order chi connectivity index (χ1) is 14.7. The average molecular weight is 419 g/mol. The molecule has 0 fully saturated rings. The summed E-state index contributed by atoms with van der Waals surface area (Å²) in [6.07, 6.45) is 4.26. The Bertz CT molecular complexity index is 1110. The van der Waals surface area contributed by atoms with Crippen LogP contribution < -0.4 is 10.1 Å². The van der Waals surface area contributed by atoms with E-state index in [-0.39, 0.29) is 11.8 Å². The van der Waals surface area contributed by atoms with Gasteiger partial charge in [0.2, 0.25) is 11.1 Å². The van der Waals surface area contributed by atoms with Crippen molar-refractivity contribution in [2.45, 2.75) is 37.1 Å². The van der Waals surface area contributed by atoms with Crippen LogP contribution in [0.25, 0.3) is 0 Å². The zero-order valence-electron chi connectivity index (χ0n) is 16.7. The molecule has 5 rings (SSSR count). The van der Waals surface area contributed by atoms with Crippen molar-refractivity contribution in [2.24, 2.45) is 0 Å². The monoisotopic (exact) mass is 418 g/mol. The second kappa shape index (κ2) is 7.99. The Morgan fingerprint density at radius 3 is 2.70 bits per heavy atom. The van der Waals surface area contributed by atoms with Crippen molar-refractivity contribution in [3.63, 3.8) is 0 Å². The van der Waals surface area contributed by atoms with Crippen LogP contribution in [0.5, 0.6) is 5.75 Å². The van der Waals surface area contributed by atoms with Crippen LogP contribution in [-0.4, -0.2) is 26.8 Å². The van der Waals surface area contributed by atoms with Gasteiger partial charge in [0.05, 0.1) is 0 Å². The van der Waals surface area contributed by atoms with E-state index < -0.39 is 0 Å². The molecule has 1 N–H and O–H groups in total. The fourth-order valence-corrected chi connectivity index (χ4v) is 4.37. The number of anilines is 1. The zero-order valence-corrected chi connectivity index (χ0v) is 17.5. The summed E-state index contributed by atoms with van der Waals surface area (Å²) in [5.41, 5.74) is 3.92. The quantitative estimate of drug-likeness (QED) is 0.611. The Balaban J connectivity index is 1.46. The lowest BCUT2D eigenvalue weighted by Crippen LogP contribution is -2.31. The number of hydrogen-bond donors (Lipinski definition) is 1. The fraction of sp³-hybridized carbons (Fsp3) is 0.261. The number of Topliss-reactive ketones (excluding diaryl/α,β-unsaturated/α-hetero) is 1. The Labute approximate surface area is 179 Å². The van der Waals surface area contributed by atoms with Gasteiger partial charge in [0, 0.05) is 17.7 Å². The summed E-state index contributed by atoms with van der Waals surface area (Å²) in [6.45, 7) is 0.519. The first kappa shape index (κ1) is 18.9. The predicted octanol–water partition coefficient (Wildman–Crippen LogP) is 4.60. The lowest BCUT2D eigenvalue weighted by molar-refractivity contribution is -0.116. The van der Waals surface area contributed by atoms with Crippen molar-refractivity contribution in [1.29, 1.82) is 0 Å². The highest BCUT2D eigenvalue weighted by Gasteiger charge is 2.36. The minimum atomic E-state index is -0.263. The Hall–Kier alpha value is -3.06. The summed E-state index contributed by atoms with van der Waals surface area (Å²) in [6, 6.07) is 17.8. The second-order valence-electron chi connectivity index (χ2n) is 7.41. The van der Waals surface area contributed by atoms with Crippen LogP contribution in [-0.2, 0) is 11.4 Å². The molecule has 0 saturated heterocycles. The molecular formula is C23H22N4O2S. The molecule has 3 aromatic rings. The smallest absolute Gasteiger partial charge is 0.227 e. The minimum absolute atomic E-state index is 0.185. The topological polar surface area (TPSA) is 69.0 Å². The maximum Gasteiger partial charge on any atom is 0.227 e. The van der Waals surface area contributed by atoms with Crippen molar-refractivity contribution >= 4 is 23.5 Å². The number of rotatable bonds is 5. The molecule has 1 atom stereocenters. The van der Waals surface area contributed by atoms with Crippen molar-refractivity contribution in [3.8, 4) is 5.75 Å². The zero-order chi connectivity index (χ0) is 20.5. The number of benzene rings is 2. The predicted molar refractivity (Wildman–Crippen MR) is 117 cm³/mol. The van der Waals surface area contributed by atoms with Gasteiger partial charge in [-0.3, -0.25) is 4.79 Å². The number of allylic oxidation sites excluding steroid dienone is 2. The van der Waals surface area contributed by atoms with Gasteiger partial charge in [-0.2, -0.15) is 4.98 Å². The summed E-state index contributed by atoms with van der Waals surface area (Å²) in [5.74, 6) is 1.68. The second-order valence-corrected chi connectivity index (χ2v) is 8.18. The van der Waals surface area contributed by atoms with E-state index in [1.54, 1.807) is 0 Å². The van der Waals surface area contributed by atoms with E-state index in [0.717, 1.165) is 41.0 Å². The van der Waals surface area contributed by atoms with Crippen LogP contribution in [0, 0.1) is 0 Å². The molecule has 0 bridgehead atoms. The molecule has 30 heavy (non-hydrogen) atoms. The largest absolute Gasteiger partial charge is 0.489 e. The summed E-state index contributed by atoms with van der Waals surface area (Å²) < 4.78 is 7.76. The maximum absolute atomic E-state index is 12.8. The van der Waals surface area contributed by atoms with Gasteiger partial charge in [0.15, 0.2) is 5.78 Å². The molecule has 1 aromatic heterocycles. The summed E-state index contributed by atoms with van der Waals surface area (Å²) >= 11 is 1.49. The highest BCUT2D eigenvalue weighted by molar-refractivity contribution is 7.98. The van der Waals surface area contributed by atoms with Crippen molar-refractivity contribution in [3.05, 3.63) is 77.0 Å². The molecule has 2 aromatic carbocycles. The molecular weight excluding hydrogens is 396 g/mol. The molecule has 0 radical (unpaired) electrons. The van der Waals surface area contributed by atoms with Crippen LogP contribution in [0.15, 0.2) is 71.0 Å². The molecule has 1 unspecified atom stereocenters. The Morgan fingerprint density at radius 2 is 1.93 bits per heavy atom. The van der Waals surface area contributed by atoms with Gasteiger partial charge in [0.1, 0.15) is 18.4 Å². The molecule has 1 aliphatic carbocycles. The highest BCUT2D eigenvalue weighted by Crippen LogP contribution is 2.40. The van der Waals surface area contributed by atoms with Gasteiger partial charge in [-0.15, -0.1) is 5.10 Å². The number of carbonyl (C=O) groups excluding carboxylic acids is 1. The highest BCUT2D eigenvalue weighted by atomic mass is 32.2. The molecule has 7 heteroatoms. The molecule has 2 aliphatic rings. The van der Waals surface area contributed by atoms with E-state index in [2.05, 4.69) is 15.4 Å². The van der Waals surface area contributed by atoms with Gasteiger partial charge in [-0.05, 0) is 42.4 Å².